The molecule has 1 unspecified atom stereocenters. The Balaban J connectivity index is 1.38. The summed E-state index contributed by atoms with van der Waals surface area (Å²) in [5.41, 5.74) is 1.75. The normalized spacial score (nSPS) is 23.1. The van der Waals surface area contributed by atoms with Crippen molar-refractivity contribution in [3.8, 4) is 5.75 Å². The van der Waals surface area contributed by atoms with Crippen molar-refractivity contribution in [2.75, 3.05) is 44.0 Å². The highest BCUT2D eigenvalue weighted by molar-refractivity contribution is 7.99. The Morgan fingerprint density at radius 2 is 1.93 bits per heavy atom. The molecule has 0 spiro atoms. The summed E-state index contributed by atoms with van der Waals surface area (Å²) in [5.74, 6) is 3.17. The molecule has 0 aliphatic carbocycles. The van der Waals surface area contributed by atoms with Gasteiger partial charge in [0.05, 0.1) is 37.8 Å². The fraction of sp³-hybridized carbons (Fsp3) is 0.556. The molecule has 10 heteroatoms. The topological polar surface area (TPSA) is 80.6 Å². The standard InChI is InChI=1S/C18H25N5O3S2/c1-26-18-4-2-15(3-5-18)10-22-11-16(19-20-22)12-23-13-17(14-28(23,24)25)21-6-8-27-9-7-21/h2-5,11,17H,6-10,12-14H2,1H3. The van der Waals surface area contributed by atoms with E-state index >= 15 is 0 Å². The van der Waals surface area contributed by atoms with E-state index in [1.807, 2.05) is 42.2 Å². The molecule has 2 saturated heterocycles. The predicted molar refractivity (Wildman–Crippen MR) is 109 cm³/mol. The van der Waals surface area contributed by atoms with Crippen molar-refractivity contribution in [2.45, 2.75) is 19.1 Å². The second kappa shape index (κ2) is 8.40. The molecule has 0 saturated carbocycles. The zero-order valence-corrected chi connectivity index (χ0v) is 17.5. The molecule has 152 valence electrons. The fourth-order valence-corrected chi connectivity index (χ4v) is 6.34. The number of benzene rings is 1. The van der Waals surface area contributed by atoms with Crippen LogP contribution >= 0.6 is 11.8 Å². The summed E-state index contributed by atoms with van der Waals surface area (Å²) in [4.78, 5) is 2.31. The average molecular weight is 424 g/mol. The summed E-state index contributed by atoms with van der Waals surface area (Å²) in [7, 11) is -1.61. The van der Waals surface area contributed by atoms with Gasteiger partial charge in [-0.3, -0.25) is 4.90 Å². The maximum atomic E-state index is 12.6. The van der Waals surface area contributed by atoms with E-state index in [0.29, 0.717) is 18.8 Å². The number of methoxy groups -OCH3 is 1. The average Bonchev–Trinajstić information content (AvgIpc) is 3.27. The van der Waals surface area contributed by atoms with E-state index in [0.717, 1.165) is 35.9 Å². The van der Waals surface area contributed by atoms with E-state index in [4.69, 9.17) is 4.74 Å². The first-order valence-electron chi connectivity index (χ1n) is 9.35. The van der Waals surface area contributed by atoms with E-state index in [-0.39, 0.29) is 18.3 Å². The number of hydrogen-bond donors (Lipinski definition) is 0. The molecule has 2 aliphatic heterocycles. The van der Waals surface area contributed by atoms with Gasteiger partial charge in [-0.2, -0.15) is 16.1 Å². The summed E-state index contributed by atoms with van der Waals surface area (Å²) < 4.78 is 33.7. The zero-order valence-electron chi connectivity index (χ0n) is 15.9. The number of nitrogens with zero attached hydrogens (tertiary/aromatic N) is 5. The SMILES string of the molecule is COc1ccc(Cn2cc(CN3CC(N4CCSCC4)CS3(=O)=O)nn2)cc1. The lowest BCUT2D eigenvalue weighted by molar-refractivity contribution is 0.217. The van der Waals surface area contributed by atoms with E-state index in [1.165, 1.54) is 0 Å². The van der Waals surface area contributed by atoms with Gasteiger partial charge in [-0.25, -0.2) is 13.1 Å². The van der Waals surface area contributed by atoms with Crippen molar-refractivity contribution in [3.63, 3.8) is 0 Å². The molecule has 8 nitrogen and oxygen atoms in total. The number of rotatable bonds is 6. The minimum atomic E-state index is -3.25. The monoisotopic (exact) mass is 423 g/mol. The third-order valence-electron chi connectivity index (χ3n) is 5.20. The number of thioether (sulfide) groups is 1. The second-order valence-electron chi connectivity index (χ2n) is 7.13. The molecular weight excluding hydrogens is 398 g/mol. The number of hydrogen-bond acceptors (Lipinski definition) is 7. The minimum absolute atomic E-state index is 0.0836. The van der Waals surface area contributed by atoms with Crippen LogP contribution in [0.15, 0.2) is 30.5 Å². The van der Waals surface area contributed by atoms with Crippen molar-refractivity contribution in [1.29, 1.82) is 0 Å². The molecule has 3 heterocycles. The van der Waals surface area contributed by atoms with Crippen molar-refractivity contribution in [2.24, 2.45) is 0 Å². The smallest absolute Gasteiger partial charge is 0.216 e. The quantitative estimate of drug-likeness (QED) is 0.683. The van der Waals surface area contributed by atoms with E-state index < -0.39 is 10.0 Å². The lowest BCUT2D eigenvalue weighted by Crippen LogP contribution is -2.43. The lowest BCUT2D eigenvalue weighted by atomic mass is 10.2. The third kappa shape index (κ3) is 4.51. The number of sulfonamides is 1. The van der Waals surface area contributed by atoms with Crippen LogP contribution < -0.4 is 4.74 Å². The second-order valence-corrected chi connectivity index (χ2v) is 10.4. The largest absolute Gasteiger partial charge is 0.497 e. The van der Waals surface area contributed by atoms with Crippen LogP contribution in [0, 0.1) is 0 Å². The molecule has 4 rings (SSSR count). The van der Waals surface area contributed by atoms with Crippen LogP contribution in [-0.4, -0.2) is 82.7 Å². The Bertz CT molecular complexity index is 894. The van der Waals surface area contributed by atoms with Crippen LogP contribution in [-0.2, 0) is 23.1 Å². The van der Waals surface area contributed by atoms with Gasteiger partial charge in [0.15, 0.2) is 0 Å². The fourth-order valence-electron chi connectivity index (χ4n) is 3.66. The number of ether oxygens (including phenoxy) is 1. The first kappa shape index (κ1) is 19.7. The molecule has 0 radical (unpaired) electrons. The first-order valence-corrected chi connectivity index (χ1v) is 12.1. The third-order valence-corrected chi connectivity index (χ3v) is 8.01. The maximum Gasteiger partial charge on any atom is 0.216 e. The van der Waals surface area contributed by atoms with Crippen molar-refractivity contribution >= 4 is 21.8 Å². The summed E-state index contributed by atoms with van der Waals surface area (Å²) in [6.45, 7) is 3.34. The lowest BCUT2D eigenvalue weighted by Gasteiger charge is -2.30. The summed E-state index contributed by atoms with van der Waals surface area (Å²) in [5, 5.41) is 8.33. The van der Waals surface area contributed by atoms with Crippen LogP contribution in [0.4, 0.5) is 0 Å². The van der Waals surface area contributed by atoms with Crippen LogP contribution in [0.2, 0.25) is 0 Å². The van der Waals surface area contributed by atoms with Gasteiger partial charge in [-0.1, -0.05) is 17.3 Å². The molecule has 0 amide bonds. The van der Waals surface area contributed by atoms with Crippen molar-refractivity contribution < 1.29 is 13.2 Å². The molecule has 28 heavy (non-hydrogen) atoms. The highest BCUT2D eigenvalue weighted by Gasteiger charge is 2.39. The zero-order chi connectivity index (χ0) is 19.6. The maximum absolute atomic E-state index is 12.6. The summed E-state index contributed by atoms with van der Waals surface area (Å²) in [6.07, 6.45) is 1.82. The molecule has 0 bridgehead atoms. The van der Waals surface area contributed by atoms with Crippen molar-refractivity contribution in [1.82, 2.24) is 24.2 Å². The van der Waals surface area contributed by atoms with Gasteiger partial charge in [0, 0.05) is 37.2 Å². The molecule has 1 atom stereocenters. The van der Waals surface area contributed by atoms with Gasteiger partial charge in [-0.05, 0) is 17.7 Å². The Morgan fingerprint density at radius 1 is 1.18 bits per heavy atom. The molecular formula is C18H25N5O3S2. The molecule has 2 aromatic rings. The van der Waals surface area contributed by atoms with Gasteiger partial charge in [-0.15, -0.1) is 5.10 Å². The highest BCUT2D eigenvalue weighted by atomic mass is 32.2. The van der Waals surface area contributed by atoms with Crippen LogP contribution in [0.3, 0.4) is 0 Å². The Labute approximate surface area is 169 Å². The van der Waals surface area contributed by atoms with Gasteiger partial charge < -0.3 is 4.74 Å². The summed E-state index contributed by atoms with van der Waals surface area (Å²) in [6, 6.07) is 7.85. The first-order chi connectivity index (χ1) is 13.5. The number of aromatic nitrogens is 3. The van der Waals surface area contributed by atoms with Crippen molar-refractivity contribution in [3.05, 3.63) is 41.7 Å². The molecule has 2 aliphatic rings. The Kier molecular flexibility index (Phi) is 5.91. The van der Waals surface area contributed by atoms with E-state index in [1.54, 1.807) is 16.1 Å². The molecule has 0 N–H and O–H groups in total. The van der Waals surface area contributed by atoms with Crippen LogP contribution in [0.5, 0.6) is 5.75 Å². The summed E-state index contributed by atoms with van der Waals surface area (Å²) >= 11 is 1.93. The Morgan fingerprint density at radius 3 is 2.64 bits per heavy atom. The van der Waals surface area contributed by atoms with E-state index in [2.05, 4.69) is 15.2 Å². The minimum Gasteiger partial charge on any atom is -0.497 e. The molecule has 1 aromatic carbocycles. The van der Waals surface area contributed by atoms with Crippen LogP contribution in [0.1, 0.15) is 11.3 Å². The molecule has 1 aromatic heterocycles. The van der Waals surface area contributed by atoms with Crippen LogP contribution in [0.25, 0.3) is 0 Å². The molecule has 2 fully saturated rings. The van der Waals surface area contributed by atoms with Gasteiger partial charge in [0.25, 0.3) is 0 Å². The predicted octanol–water partition coefficient (Wildman–Crippen LogP) is 0.898. The van der Waals surface area contributed by atoms with Gasteiger partial charge >= 0.3 is 0 Å². The van der Waals surface area contributed by atoms with E-state index in [9.17, 15) is 8.42 Å². The Hall–Kier alpha value is -1.62. The highest BCUT2D eigenvalue weighted by Crippen LogP contribution is 2.23. The van der Waals surface area contributed by atoms with Gasteiger partial charge in [0.1, 0.15) is 5.75 Å². The van der Waals surface area contributed by atoms with Gasteiger partial charge in [0.2, 0.25) is 10.0 Å².